The van der Waals surface area contributed by atoms with Crippen LogP contribution in [0.15, 0.2) is 10.1 Å². The molecule has 6 N–H and O–H groups in total. The summed E-state index contributed by atoms with van der Waals surface area (Å²) in [5, 5.41) is 26.4. The van der Waals surface area contributed by atoms with Crippen LogP contribution in [0.1, 0.15) is 27.2 Å². The van der Waals surface area contributed by atoms with Gasteiger partial charge in [-0.05, 0) is 19.6 Å². The normalized spacial score (nSPS) is 16.5. The number of aliphatic imine (C=N–C) groups is 1. The number of aliphatic hydroxyl groups is 1. The summed E-state index contributed by atoms with van der Waals surface area (Å²) in [7, 11) is 0. The predicted octanol–water partition coefficient (Wildman–Crippen LogP) is -0.476. The Kier molecular flexibility index (Phi) is 10.3. The predicted molar refractivity (Wildman–Crippen MR) is 90.0 cm³/mol. The largest absolute Gasteiger partial charge is 0.480 e. The molecule has 0 heterocycles. The van der Waals surface area contributed by atoms with Crippen molar-refractivity contribution in [2.24, 2.45) is 21.8 Å². The molecule has 0 saturated heterocycles. The molecule has 0 aromatic carbocycles. The lowest BCUT2D eigenvalue weighted by Crippen LogP contribution is -2.51. The Bertz CT molecular complexity index is 455. The van der Waals surface area contributed by atoms with Gasteiger partial charge in [-0.2, -0.15) is 0 Å². The fraction of sp³-hybridized carbons (Fsp3) is 0.714. The summed E-state index contributed by atoms with van der Waals surface area (Å²) in [6.07, 6.45) is -0.372. The molecule has 0 aliphatic heterocycles. The zero-order chi connectivity index (χ0) is 18.7. The third-order valence-electron chi connectivity index (χ3n) is 3.39. The molecule has 0 aliphatic rings. The van der Waals surface area contributed by atoms with Crippen LogP contribution in [0.5, 0.6) is 0 Å². The lowest BCUT2D eigenvalue weighted by atomic mass is 9.99. The van der Waals surface area contributed by atoms with Crippen LogP contribution in [0.25, 0.3) is 0 Å². The Labute approximate surface area is 141 Å². The summed E-state index contributed by atoms with van der Waals surface area (Å²) in [5.41, 5.74) is 5.95. The second-order valence-electron chi connectivity index (χ2n) is 5.31. The van der Waals surface area contributed by atoms with Crippen LogP contribution in [-0.2, 0) is 9.63 Å². The standard InChI is InChI=1S/C14H27N5O5/c1-5-8(2)10(15)12(16-4)19-24-7-6-17-14(23)18-11(9(3)20)13(21)22/h8-11,20H,4-7,15H2,1-3H3,(H,21,22)(H2,17,18,23)/b19-12-. The van der Waals surface area contributed by atoms with Crippen LogP contribution < -0.4 is 16.4 Å². The minimum atomic E-state index is -1.39. The summed E-state index contributed by atoms with van der Waals surface area (Å²) in [4.78, 5) is 31.1. The number of hydrogen-bond acceptors (Lipinski definition) is 6. The number of hydrogen-bond donors (Lipinski definition) is 5. The van der Waals surface area contributed by atoms with E-state index in [1.54, 1.807) is 0 Å². The molecule has 0 radical (unpaired) electrons. The van der Waals surface area contributed by atoms with E-state index in [0.29, 0.717) is 0 Å². The maximum atomic E-state index is 11.5. The van der Waals surface area contributed by atoms with E-state index in [9.17, 15) is 14.7 Å². The number of amides is 2. The molecule has 0 aliphatic carbocycles. The maximum Gasteiger partial charge on any atom is 0.328 e. The van der Waals surface area contributed by atoms with E-state index in [4.69, 9.17) is 15.7 Å². The third-order valence-corrected chi connectivity index (χ3v) is 3.39. The van der Waals surface area contributed by atoms with Crippen molar-refractivity contribution in [1.82, 2.24) is 10.6 Å². The molecule has 10 nitrogen and oxygen atoms in total. The van der Waals surface area contributed by atoms with Crippen molar-refractivity contribution in [3.8, 4) is 0 Å². The Morgan fingerprint density at radius 2 is 2.00 bits per heavy atom. The molecular formula is C14H27N5O5. The molecule has 4 atom stereocenters. The number of nitrogens with zero attached hydrogens (tertiary/aromatic N) is 2. The first-order valence-corrected chi connectivity index (χ1v) is 7.61. The fourth-order valence-corrected chi connectivity index (χ4v) is 1.61. The van der Waals surface area contributed by atoms with Crippen LogP contribution in [0.4, 0.5) is 4.79 Å². The number of carbonyl (C=O) groups is 2. The van der Waals surface area contributed by atoms with Crippen molar-refractivity contribution in [2.75, 3.05) is 13.2 Å². The van der Waals surface area contributed by atoms with Crippen LogP contribution >= 0.6 is 0 Å². The lowest BCUT2D eigenvalue weighted by Gasteiger charge is -2.17. The quantitative estimate of drug-likeness (QED) is 0.156. The molecule has 2 amide bonds. The van der Waals surface area contributed by atoms with Gasteiger partial charge in [0.15, 0.2) is 11.9 Å². The highest BCUT2D eigenvalue weighted by molar-refractivity contribution is 5.90. The summed E-state index contributed by atoms with van der Waals surface area (Å²) in [6, 6.07) is -2.53. The zero-order valence-corrected chi connectivity index (χ0v) is 14.2. The third kappa shape index (κ3) is 7.88. The molecule has 0 aromatic heterocycles. The average molecular weight is 345 g/mol. The number of carboxylic acid groups (broad SMARTS) is 1. The van der Waals surface area contributed by atoms with Crippen LogP contribution in [0.3, 0.4) is 0 Å². The molecule has 0 bridgehead atoms. The van der Waals surface area contributed by atoms with Gasteiger partial charge in [0.25, 0.3) is 0 Å². The van der Waals surface area contributed by atoms with E-state index in [1.165, 1.54) is 6.92 Å². The van der Waals surface area contributed by atoms with E-state index in [1.807, 2.05) is 13.8 Å². The molecule has 138 valence electrons. The Morgan fingerprint density at radius 3 is 2.46 bits per heavy atom. The molecule has 0 fully saturated rings. The number of oxime groups is 1. The van der Waals surface area contributed by atoms with Gasteiger partial charge < -0.3 is 31.4 Å². The molecule has 0 aromatic rings. The zero-order valence-electron chi connectivity index (χ0n) is 14.2. The van der Waals surface area contributed by atoms with E-state index in [0.717, 1.165) is 6.42 Å². The second kappa shape index (κ2) is 11.4. The van der Waals surface area contributed by atoms with Crippen LogP contribution in [-0.4, -0.2) is 66.1 Å². The maximum absolute atomic E-state index is 11.5. The van der Waals surface area contributed by atoms with Gasteiger partial charge in [-0.15, -0.1) is 0 Å². The molecule has 4 unspecified atom stereocenters. The number of urea groups is 1. The first-order chi connectivity index (χ1) is 11.2. The van der Waals surface area contributed by atoms with Gasteiger partial charge in [-0.1, -0.05) is 25.4 Å². The SMILES string of the molecule is C=N/C(=N\OCCNC(=O)NC(C(=O)O)C(C)O)C(N)C(C)CC. The van der Waals surface area contributed by atoms with Crippen molar-refractivity contribution in [3.63, 3.8) is 0 Å². The molecule has 0 rings (SSSR count). The van der Waals surface area contributed by atoms with Crippen molar-refractivity contribution < 1.29 is 24.6 Å². The van der Waals surface area contributed by atoms with Gasteiger partial charge >= 0.3 is 12.0 Å². The average Bonchev–Trinajstić information content (AvgIpc) is 2.53. The second-order valence-corrected chi connectivity index (χ2v) is 5.31. The first kappa shape index (κ1) is 21.8. The number of nitrogens with one attached hydrogen (secondary N) is 2. The molecule has 0 saturated carbocycles. The monoisotopic (exact) mass is 345 g/mol. The highest BCUT2D eigenvalue weighted by atomic mass is 16.6. The topological polar surface area (TPSA) is 159 Å². The van der Waals surface area contributed by atoms with Crippen LogP contribution in [0.2, 0.25) is 0 Å². The van der Waals surface area contributed by atoms with Gasteiger partial charge in [0, 0.05) is 0 Å². The lowest BCUT2D eigenvalue weighted by molar-refractivity contribution is -0.141. The summed E-state index contributed by atoms with van der Waals surface area (Å²) >= 11 is 0. The minimum Gasteiger partial charge on any atom is -0.480 e. The van der Waals surface area contributed by atoms with Gasteiger partial charge in [0.2, 0.25) is 0 Å². The molecular weight excluding hydrogens is 318 g/mol. The summed E-state index contributed by atoms with van der Waals surface area (Å²) < 4.78 is 0. The number of aliphatic carboxylic acids is 1. The highest BCUT2D eigenvalue weighted by Crippen LogP contribution is 2.07. The number of carboxylic acids is 1. The van der Waals surface area contributed by atoms with Crippen molar-refractivity contribution in [3.05, 3.63) is 0 Å². The fourth-order valence-electron chi connectivity index (χ4n) is 1.61. The number of nitrogens with two attached hydrogens (primary N) is 1. The van der Waals surface area contributed by atoms with E-state index in [-0.39, 0.29) is 24.9 Å². The molecule has 0 spiro atoms. The smallest absolute Gasteiger partial charge is 0.328 e. The Balaban J connectivity index is 4.24. The van der Waals surface area contributed by atoms with E-state index in [2.05, 4.69) is 27.5 Å². The Hall–Kier alpha value is -2.20. The van der Waals surface area contributed by atoms with Gasteiger partial charge in [0.05, 0.1) is 18.7 Å². The van der Waals surface area contributed by atoms with Crippen LogP contribution in [0, 0.1) is 5.92 Å². The van der Waals surface area contributed by atoms with Gasteiger partial charge in [-0.25, -0.2) is 14.6 Å². The number of aliphatic hydroxyl groups excluding tert-OH is 1. The summed E-state index contributed by atoms with van der Waals surface area (Å²) in [5.74, 6) is -0.897. The van der Waals surface area contributed by atoms with Gasteiger partial charge in [-0.3, -0.25) is 0 Å². The minimum absolute atomic E-state index is 0.0338. The number of rotatable bonds is 10. The van der Waals surface area contributed by atoms with Crippen molar-refractivity contribution in [1.29, 1.82) is 0 Å². The number of amidine groups is 1. The molecule has 24 heavy (non-hydrogen) atoms. The Morgan fingerprint density at radius 1 is 1.38 bits per heavy atom. The van der Waals surface area contributed by atoms with Crippen molar-refractivity contribution >= 4 is 24.6 Å². The molecule has 10 heteroatoms. The number of carbonyl (C=O) groups excluding carboxylic acids is 1. The highest BCUT2D eigenvalue weighted by Gasteiger charge is 2.24. The van der Waals surface area contributed by atoms with E-state index >= 15 is 0 Å². The first-order valence-electron chi connectivity index (χ1n) is 7.61. The van der Waals surface area contributed by atoms with Crippen molar-refractivity contribution in [2.45, 2.75) is 45.4 Å². The summed E-state index contributed by atoms with van der Waals surface area (Å²) in [6.45, 7) is 8.71. The van der Waals surface area contributed by atoms with Gasteiger partial charge in [0.1, 0.15) is 6.61 Å². The van der Waals surface area contributed by atoms with E-state index < -0.39 is 30.2 Å².